The molecular weight excluding hydrogens is 406 g/mol. The quantitative estimate of drug-likeness (QED) is 0.740. The van der Waals surface area contributed by atoms with Crippen LogP contribution in [0, 0.1) is 5.92 Å². The smallest absolute Gasteiger partial charge is 0.207 e. The topological polar surface area (TPSA) is 46.2 Å². The SMILES string of the molecule is CC1CCCC(CBr)(NS(=O)(=O)c2ccccc2Br)C1. The number of hydrogen-bond acceptors (Lipinski definition) is 2. The normalized spacial score (nSPS) is 27.4. The van der Waals surface area contributed by atoms with Gasteiger partial charge in [-0.25, -0.2) is 13.1 Å². The van der Waals surface area contributed by atoms with Gasteiger partial charge in [-0.2, -0.15) is 0 Å². The summed E-state index contributed by atoms with van der Waals surface area (Å²) in [5.41, 5.74) is -0.369. The van der Waals surface area contributed by atoms with E-state index in [-0.39, 0.29) is 5.54 Å². The van der Waals surface area contributed by atoms with E-state index in [1.807, 2.05) is 6.07 Å². The lowest BCUT2D eigenvalue weighted by atomic mass is 9.78. The number of alkyl halides is 1. The fraction of sp³-hybridized carbons (Fsp3) is 0.571. The van der Waals surface area contributed by atoms with Crippen molar-refractivity contribution >= 4 is 41.9 Å². The second-order valence-corrected chi connectivity index (χ2v) is 8.72. The maximum absolute atomic E-state index is 12.6. The van der Waals surface area contributed by atoms with Gasteiger partial charge in [0.25, 0.3) is 0 Å². The lowest BCUT2D eigenvalue weighted by Gasteiger charge is -2.39. The van der Waals surface area contributed by atoms with Crippen LogP contribution < -0.4 is 4.72 Å². The van der Waals surface area contributed by atoms with E-state index in [4.69, 9.17) is 0 Å². The van der Waals surface area contributed by atoms with Crippen molar-refractivity contribution in [1.29, 1.82) is 0 Å². The van der Waals surface area contributed by atoms with Crippen LogP contribution >= 0.6 is 31.9 Å². The first-order chi connectivity index (χ1) is 9.38. The average molecular weight is 425 g/mol. The minimum Gasteiger partial charge on any atom is -0.207 e. The lowest BCUT2D eigenvalue weighted by Crippen LogP contribution is -2.52. The van der Waals surface area contributed by atoms with E-state index in [0.29, 0.717) is 20.6 Å². The minimum absolute atomic E-state index is 0.304. The van der Waals surface area contributed by atoms with Crippen molar-refractivity contribution in [2.75, 3.05) is 5.33 Å². The van der Waals surface area contributed by atoms with Crippen LogP contribution in [0.15, 0.2) is 33.6 Å². The maximum Gasteiger partial charge on any atom is 0.242 e. The zero-order valence-electron chi connectivity index (χ0n) is 11.4. The number of sulfonamides is 1. The Morgan fingerprint density at radius 1 is 1.40 bits per heavy atom. The molecule has 1 fully saturated rings. The van der Waals surface area contributed by atoms with Gasteiger partial charge >= 0.3 is 0 Å². The second-order valence-electron chi connectivity index (χ2n) is 5.65. The maximum atomic E-state index is 12.6. The van der Waals surface area contributed by atoms with Crippen LogP contribution in [0.4, 0.5) is 0 Å². The predicted octanol–water partition coefficient (Wildman–Crippen LogP) is 4.07. The van der Waals surface area contributed by atoms with Crippen molar-refractivity contribution < 1.29 is 8.42 Å². The molecule has 20 heavy (non-hydrogen) atoms. The van der Waals surface area contributed by atoms with E-state index >= 15 is 0 Å². The van der Waals surface area contributed by atoms with Crippen molar-refractivity contribution in [1.82, 2.24) is 4.72 Å². The summed E-state index contributed by atoms with van der Waals surface area (Å²) in [6.07, 6.45) is 3.99. The Morgan fingerprint density at radius 3 is 2.70 bits per heavy atom. The van der Waals surface area contributed by atoms with Crippen LogP contribution in [0.5, 0.6) is 0 Å². The van der Waals surface area contributed by atoms with Crippen LogP contribution in [0.3, 0.4) is 0 Å². The molecule has 1 saturated carbocycles. The average Bonchev–Trinajstić information content (AvgIpc) is 2.38. The van der Waals surface area contributed by atoms with E-state index in [2.05, 4.69) is 43.5 Å². The van der Waals surface area contributed by atoms with Crippen molar-refractivity contribution in [3.8, 4) is 0 Å². The molecule has 1 aromatic rings. The molecular formula is C14H19Br2NO2S. The van der Waals surface area contributed by atoms with Crippen LogP contribution in [0.25, 0.3) is 0 Å². The summed E-state index contributed by atoms with van der Waals surface area (Å²) in [4.78, 5) is 0.304. The highest BCUT2D eigenvalue weighted by atomic mass is 79.9. The fourth-order valence-electron chi connectivity index (χ4n) is 2.90. The molecule has 0 heterocycles. The molecule has 1 aromatic carbocycles. The molecule has 2 unspecified atom stereocenters. The number of hydrogen-bond donors (Lipinski definition) is 1. The van der Waals surface area contributed by atoms with Crippen molar-refractivity contribution in [3.63, 3.8) is 0 Å². The Bertz CT molecular complexity index is 576. The molecule has 0 saturated heterocycles. The highest BCUT2D eigenvalue weighted by Gasteiger charge is 2.38. The Kier molecular flexibility index (Phi) is 5.32. The van der Waals surface area contributed by atoms with Crippen LogP contribution in [-0.4, -0.2) is 19.3 Å². The summed E-state index contributed by atoms with van der Waals surface area (Å²) < 4.78 is 28.8. The molecule has 3 nitrogen and oxygen atoms in total. The van der Waals surface area contributed by atoms with Gasteiger partial charge in [-0.1, -0.05) is 47.8 Å². The first-order valence-electron chi connectivity index (χ1n) is 6.73. The molecule has 0 spiro atoms. The minimum atomic E-state index is -3.51. The summed E-state index contributed by atoms with van der Waals surface area (Å²) in [6, 6.07) is 6.93. The monoisotopic (exact) mass is 423 g/mol. The Hall–Kier alpha value is 0.0900. The Morgan fingerprint density at radius 2 is 2.10 bits per heavy atom. The van der Waals surface area contributed by atoms with Gasteiger partial charge in [-0.05, 0) is 46.8 Å². The third kappa shape index (κ3) is 3.64. The van der Waals surface area contributed by atoms with E-state index in [1.165, 1.54) is 6.42 Å². The number of nitrogens with one attached hydrogen (secondary N) is 1. The molecule has 1 aliphatic carbocycles. The van der Waals surface area contributed by atoms with Crippen molar-refractivity contribution in [2.24, 2.45) is 5.92 Å². The standard InChI is InChI=1S/C14H19Br2NO2S/c1-11-5-4-8-14(9-11,10-15)17-20(18,19)13-7-3-2-6-12(13)16/h2-3,6-7,11,17H,4-5,8-10H2,1H3. The zero-order chi connectivity index (χ0) is 14.8. The van der Waals surface area contributed by atoms with Crippen molar-refractivity contribution in [3.05, 3.63) is 28.7 Å². The first-order valence-corrected chi connectivity index (χ1v) is 10.1. The van der Waals surface area contributed by atoms with Gasteiger partial charge in [0.05, 0.1) is 4.90 Å². The molecule has 112 valence electrons. The van der Waals surface area contributed by atoms with Gasteiger partial charge in [-0.15, -0.1) is 0 Å². The molecule has 1 N–H and O–H groups in total. The van der Waals surface area contributed by atoms with Gasteiger partial charge in [0.2, 0.25) is 10.0 Å². The molecule has 0 amide bonds. The third-order valence-corrected chi connectivity index (χ3v) is 7.49. The molecule has 0 radical (unpaired) electrons. The second kappa shape index (κ2) is 6.46. The molecule has 0 aromatic heterocycles. The predicted molar refractivity (Wildman–Crippen MR) is 88.6 cm³/mol. The summed E-state index contributed by atoms with van der Waals surface area (Å²) in [5, 5.41) is 0.647. The van der Waals surface area contributed by atoms with Crippen LogP contribution in [0.1, 0.15) is 32.6 Å². The largest absolute Gasteiger partial charge is 0.242 e. The Labute approximate surface area is 137 Å². The van der Waals surface area contributed by atoms with E-state index < -0.39 is 10.0 Å². The van der Waals surface area contributed by atoms with Crippen LogP contribution in [-0.2, 0) is 10.0 Å². The summed E-state index contributed by atoms with van der Waals surface area (Å²) in [5.74, 6) is 0.545. The van der Waals surface area contributed by atoms with Crippen LogP contribution in [0.2, 0.25) is 0 Å². The summed E-state index contributed by atoms with van der Waals surface area (Å²) >= 11 is 6.82. The number of benzene rings is 1. The first kappa shape index (κ1) is 16.5. The highest BCUT2D eigenvalue weighted by Crippen LogP contribution is 2.35. The molecule has 6 heteroatoms. The summed E-state index contributed by atoms with van der Waals surface area (Å²) in [6.45, 7) is 2.18. The van der Waals surface area contributed by atoms with Gasteiger partial charge in [-0.3, -0.25) is 0 Å². The van der Waals surface area contributed by atoms with Gasteiger partial charge < -0.3 is 0 Å². The number of halogens is 2. The van der Waals surface area contributed by atoms with E-state index in [9.17, 15) is 8.42 Å². The summed E-state index contributed by atoms with van der Waals surface area (Å²) in [7, 11) is -3.51. The van der Waals surface area contributed by atoms with Gasteiger partial charge in [0, 0.05) is 15.3 Å². The van der Waals surface area contributed by atoms with E-state index in [0.717, 1.165) is 19.3 Å². The Balaban J connectivity index is 2.29. The molecule has 0 aliphatic heterocycles. The molecule has 2 rings (SSSR count). The zero-order valence-corrected chi connectivity index (χ0v) is 15.4. The highest BCUT2D eigenvalue weighted by molar-refractivity contribution is 9.10. The van der Waals surface area contributed by atoms with E-state index in [1.54, 1.807) is 18.2 Å². The molecule has 1 aliphatic rings. The number of rotatable bonds is 4. The molecule has 0 bridgehead atoms. The fourth-order valence-corrected chi connectivity index (χ4v) is 6.18. The van der Waals surface area contributed by atoms with Crippen molar-refractivity contribution in [2.45, 2.75) is 43.0 Å². The van der Waals surface area contributed by atoms with Gasteiger partial charge in [0.15, 0.2) is 0 Å². The third-order valence-electron chi connectivity index (χ3n) is 3.82. The molecule has 2 atom stereocenters. The lowest BCUT2D eigenvalue weighted by molar-refractivity contribution is 0.241. The van der Waals surface area contributed by atoms with Gasteiger partial charge in [0.1, 0.15) is 0 Å².